The predicted octanol–water partition coefficient (Wildman–Crippen LogP) is 4.25. The Hall–Kier alpha value is -2.93. The van der Waals surface area contributed by atoms with E-state index in [1.165, 1.54) is 0 Å². The van der Waals surface area contributed by atoms with E-state index in [0.717, 1.165) is 52.3 Å². The van der Waals surface area contributed by atoms with Crippen LogP contribution in [0, 0.1) is 5.92 Å². The van der Waals surface area contributed by atoms with Crippen molar-refractivity contribution in [3.63, 3.8) is 0 Å². The molecule has 0 spiro atoms. The molecule has 30 heavy (non-hydrogen) atoms. The number of anilines is 2. The van der Waals surface area contributed by atoms with Crippen molar-refractivity contribution in [1.29, 1.82) is 0 Å². The number of aromatic nitrogens is 2. The number of fused-ring (bicyclic) bond motifs is 1. The Bertz CT molecular complexity index is 1120. The quantitative estimate of drug-likeness (QED) is 0.627. The van der Waals surface area contributed by atoms with Crippen molar-refractivity contribution in [3.8, 4) is 11.3 Å². The van der Waals surface area contributed by atoms with Gasteiger partial charge in [-0.05, 0) is 42.3 Å². The Labute approximate surface area is 183 Å². The average molecular weight is 465 g/mol. The predicted molar refractivity (Wildman–Crippen MR) is 119 cm³/mol. The van der Waals surface area contributed by atoms with E-state index < -0.39 is 0 Å². The van der Waals surface area contributed by atoms with Crippen molar-refractivity contribution in [2.24, 2.45) is 5.92 Å². The van der Waals surface area contributed by atoms with Crippen molar-refractivity contribution < 1.29 is 9.59 Å². The molecule has 0 aliphatic carbocycles. The highest BCUT2D eigenvalue weighted by Crippen LogP contribution is 2.29. The second-order valence-electron chi connectivity index (χ2n) is 7.77. The third-order valence-corrected chi connectivity index (χ3v) is 6.28. The Morgan fingerprint density at radius 2 is 2.00 bits per heavy atom. The number of hydrogen-bond acceptors (Lipinski definition) is 3. The first-order chi connectivity index (χ1) is 14.6. The monoisotopic (exact) mass is 464 g/mol. The van der Waals surface area contributed by atoms with E-state index >= 15 is 0 Å². The molecule has 7 heteroatoms. The van der Waals surface area contributed by atoms with Gasteiger partial charge in [0.15, 0.2) is 0 Å². The van der Waals surface area contributed by atoms with Gasteiger partial charge in [-0.2, -0.15) is 0 Å². The molecule has 0 bridgehead atoms. The molecule has 2 amide bonds. The number of imidazole rings is 1. The number of rotatable bonds is 4. The largest absolute Gasteiger partial charge is 0.328 e. The van der Waals surface area contributed by atoms with E-state index in [4.69, 9.17) is 0 Å². The van der Waals surface area contributed by atoms with E-state index in [9.17, 15) is 9.59 Å². The van der Waals surface area contributed by atoms with Crippen molar-refractivity contribution in [3.05, 3.63) is 65.0 Å². The minimum atomic E-state index is -0.366. The molecule has 1 fully saturated rings. The van der Waals surface area contributed by atoms with Gasteiger partial charge in [-0.15, -0.1) is 0 Å². The molecule has 0 radical (unpaired) electrons. The van der Waals surface area contributed by atoms with Crippen LogP contribution in [0.25, 0.3) is 11.3 Å². The summed E-state index contributed by atoms with van der Waals surface area (Å²) in [4.78, 5) is 31.4. The summed E-state index contributed by atoms with van der Waals surface area (Å²) < 4.78 is 3.17. The highest BCUT2D eigenvalue weighted by Gasteiger charge is 2.35. The van der Waals surface area contributed by atoms with Crippen LogP contribution in [0.4, 0.5) is 11.4 Å². The number of halogens is 1. The van der Waals surface area contributed by atoms with Crippen LogP contribution in [0.2, 0.25) is 0 Å². The van der Waals surface area contributed by atoms with Gasteiger partial charge in [-0.1, -0.05) is 34.1 Å². The van der Waals surface area contributed by atoms with E-state index in [1.54, 1.807) is 4.90 Å². The number of nitrogens with zero attached hydrogens (tertiary/aromatic N) is 3. The summed E-state index contributed by atoms with van der Waals surface area (Å²) in [7, 11) is 0. The number of carbonyl (C=O) groups excluding carboxylic acids is 2. The number of hydrogen-bond donors (Lipinski definition) is 1. The van der Waals surface area contributed by atoms with Gasteiger partial charge >= 0.3 is 0 Å². The summed E-state index contributed by atoms with van der Waals surface area (Å²) in [5.41, 5.74) is 3.75. The zero-order chi connectivity index (χ0) is 20.7. The van der Waals surface area contributed by atoms with E-state index in [-0.39, 0.29) is 24.2 Å². The van der Waals surface area contributed by atoms with Crippen LogP contribution in [0.1, 0.15) is 18.7 Å². The topological polar surface area (TPSA) is 67.2 Å². The van der Waals surface area contributed by atoms with E-state index in [1.807, 2.05) is 54.7 Å². The van der Waals surface area contributed by atoms with Crippen LogP contribution in [0.5, 0.6) is 0 Å². The molecule has 1 N–H and O–H groups in total. The smallest absolute Gasteiger partial charge is 0.229 e. The van der Waals surface area contributed by atoms with Crippen LogP contribution < -0.4 is 10.2 Å². The van der Waals surface area contributed by atoms with Crippen LogP contribution >= 0.6 is 15.9 Å². The van der Waals surface area contributed by atoms with E-state index in [2.05, 4.69) is 30.8 Å². The molecular formula is C23H21BrN4O2. The zero-order valence-corrected chi connectivity index (χ0v) is 17.9. The van der Waals surface area contributed by atoms with Gasteiger partial charge in [0.1, 0.15) is 5.82 Å². The van der Waals surface area contributed by atoms with Crippen LogP contribution in [-0.2, 0) is 22.6 Å². The molecule has 6 nitrogen and oxygen atoms in total. The first-order valence-corrected chi connectivity index (χ1v) is 10.9. The van der Waals surface area contributed by atoms with Gasteiger partial charge in [-0.3, -0.25) is 9.59 Å². The number of aryl methyl sites for hydroxylation is 1. The molecule has 1 unspecified atom stereocenters. The maximum absolute atomic E-state index is 12.8. The Morgan fingerprint density at radius 3 is 2.80 bits per heavy atom. The summed E-state index contributed by atoms with van der Waals surface area (Å²) in [5.74, 6) is 0.620. The molecular weight excluding hydrogens is 444 g/mol. The van der Waals surface area contributed by atoms with Gasteiger partial charge in [0.2, 0.25) is 11.8 Å². The zero-order valence-electron chi connectivity index (χ0n) is 16.3. The molecule has 2 aliphatic rings. The molecule has 1 saturated heterocycles. The van der Waals surface area contributed by atoms with Crippen LogP contribution in [0.3, 0.4) is 0 Å². The summed E-state index contributed by atoms with van der Waals surface area (Å²) in [6.45, 7) is 1.40. The fourth-order valence-electron chi connectivity index (χ4n) is 4.23. The van der Waals surface area contributed by atoms with Crippen molar-refractivity contribution >= 4 is 39.1 Å². The van der Waals surface area contributed by atoms with Gasteiger partial charge in [0.05, 0.1) is 17.8 Å². The fourth-order valence-corrected chi connectivity index (χ4v) is 4.62. The van der Waals surface area contributed by atoms with Crippen molar-refractivity contribution in [2.45, 2.75) is 25.8 Å². The fraction of sp³-hybridized carbons (Fsp3) is 0.261. The van der Waals surface area contributed by atoms with Crippen LogP contribution in [0.15, 0.2) is 59.2 Å². The highest BCUT2D eigenvalue weighted by atomic mass is 79.9. The Kier molecular flexibility index (Phi) is 4.90. The lowest BCUT2D eigenvalue weighted by Gasteiger charge is -2.17. The molecule has 2 aliphatic heterocycles. The summed E-state index contributed by atoms with van der Waals surface area (Å²) in [5, 5.41) is 2.96. The third kappa shape index (κ3) is 3.54. The van der Waals surface area contributed by atoms with Gasteiger partial charge in [-0.25, -0.2) is 4.98 Å². The third-order valence-electron chi connectivity index (χ3n) is 5.78. The second kappa shape index (κ2) is 7.72. The number of benzene rings is 2. The standard InChI is InChI=1S/C23H21BrN4O2/c24-17-3-1-4-19(12-17)28-14-16(11-22(28)29)23(30)26-18-8-6-15(7-9-18)20-13-25-21-5-2-10-27(20)21/h1,3-4,6-9,12-13,16H,2,5,10-11,14H2,(H,26,30). The highest BCUT2D eigenvalue weighted by molar-refractivity contribution is 9.10. The molecule has 1 atom stereocenters. The molecule has 3 heterocycles. The first kappa shape index (κ1) is 19.1. The minimum absolute atomic E-state index is 0.0295. The van der Waals surface area contributed by atoms with Crippen molar-refractivity contribution in [1.82, 2.24) is 9.55 Å². The average Bonchev–Trinajstić information content (AvgIpc) is 3.44. The van der Waals surface area contributed by atoms with Gasteiger partial charge < -0.3 is 14.8 Å². The summed E-state index contributed by atoms with van der Waals surface area (Å²) in [6, 6.07) is 15.4. The molecule has 2 aromatic carbocycles. The summed E-state index contributed by atoms with van der Waals surface area (Å²) >= 11 is 3.43. The number of nitrogens with one attached hydrogen (secondary N) is 1. The Balaban J connectivity index is 1.26. The Morgan fingerprint density at radius 1 is 1.17 bits per heavy atom. The second-order valence-corrected chi connectivity index (χ2v) is 8.68. The first-order valence-electron chi connectivity index (χ1n) is 10.1. The molecule has 0 saturated carbocycles. The lowest BCUT2D eigenvalue weighted by Crippen LogP contribution is -2.28. The van der Waals surface area contributed by atoms with Gasteiger partial charge in [0, 0.05) is 41.8 Å². The lowest BCUT2D eigenvalue weighted by atomic mass is 10.1. The van der Waals surface area contributed by atoms with Gasteiger partial charge in [0.25, 0.3) is 0 Å². The molecule has 1 aromatic heterocycles. The lowest BCUT2D eigenvalue weighted by molar-refractivity contribution is -0.122. The van der Waals surface area contributed by atoms with E-state index in [0.29, 0.717) is 6.54 Å². The molecule has 152 valence electrons. The molecule has 5 rings (SSSR count). The minimum Gasteiger partial charge on any atom is -0.328 e. The number of carbonyl (C=O) groups is 2. The van der Waals surface area contributed by atoms with Crippen molar-refractivity contribution in [2.75, 3.05) is 16.8 Å². The maximum Gasteiger partial charge on any atom is 0.229 e. The number of amides is 2. The SMILES string of the molecule is O=C(Nc1ccc(-c2cnc3n2CCC3)cc1)C1CC(=O)N(c2cccc(Br)c2)C1. The maximum atomic E-state index is 12.8. The van der Waals surface area contributed by atoms with Crippen LogP contribution in [-0.4, -0.2) is 27.9 Å². The summed E-state index contributed by atoms with van der Waals surface area (Å²) in [6.07, 6.45) is 4.31. The molecule has 3 aromatic rings. The normalized spacial score (nSPS) is 18.0.